The normalized spacial score (nSPS) is 15.0. The van der Waals surface area contributed by atoms with Crippen molar-refractivity contribution in [2.75, 3.05) is 46.1 Å². The maximum atomic E-state index is 14.3. The van der Waals surface area contributed by atoms with Crippen molar-refractivity contribution in [3.05, 3.63) is 105 Å². The van der Waals surface area contributed by atoms with Crippen molar-refractivity contribution in [2.24, 2.45) is 5.73 Å². The van der Waals surface area contributed by atoms with Gasteiger partial charge in [-0.3, -0.25) is 13.8 Å². The van der Waals surface area contributed by atoms with Gasteiger partial charge in [-0.15, -0.1) is 0 Å². The number of halogens is 2. The summed E-state index contributed by atoms with van der Waals surface area (Å²) in [6.45, 7) is 2.96. The first kappa shape index (κ1) is 36.3. The SMILES string of the molecule is COc1ccc(C2CCN(CCC(CN(CCC(N)=O)C(=O)c3cc(C#N)cc4ccccc34)c3ccc(Cl)c(Cl)c3)CC2)c(S(C)=O)c1. The summed E-state index contributed by atoms with van der Waals surface area (Å²) < 4.78 is 17.9. The highest BCUT2D eigenvalue weighted by Gasteiger charge is 2.27. The molecule has 1 saturated heterocycles. The number of hydrogen-bond acceptors (Lipinski definition) is 6. The van der Waals surface area contributed by atoms with Gasteiger partial charge in [0.15, 0.2) is 0 Å². The van der Waals surface area contributed by atoms with Gasteiger partial charge in [0.2, 0.25) is 5.91 Å². The van der Waals surface area contributed by atoms with Gasteiger partial charge in [-0.1, -0.05) is 59.6 Å². The number of nitrogens with two attached hydrogens (primary N) is 1. The van der Waals surface area contributed by atoms with Crippen molar-refractivity contribution in [1.82, 2.24) is 9.80 Å². The predicted octanol–water partition coefficient (Wildman–Crippen LogP) is 7.14. The summed E-state index contributed by atoms with van der Waals surface area (Å²) in [5, 5.41) is 12.1. The third-order valence-corrected chi connectivity index (χ3v) is 11.1. The van der Waals surface area contributed by atoms with Gasteiger partial charge in [-0.05, 0) is 103 Å². The van der Waals surface area contributed by atoms with E-state index in [9.17, 15) is 19.1 Å². The van der Waals surface area contributed by atoms with Crippen LogP contribution in [0.15, 0.2) is 77.7 Å². The van der Waals surface area contributed by atoms with E-state index in [0.29, 0.717) is 45.8 Å². The Bertz CT molecular complexity index is 1900. The molecule has 0 radical (unpaired) electrons. The Morgan fingerprint density at radius 2 is 1.82 bits per heavy atom. The first-order valence-electron chi connectivity index (χ1n) is 16.3. The molecule has 4 aromatic rings. The van der Waals surface area contributed by atoms with E-state index in [0.717, 1.165) is 59.3 Å². The van der Waals surface area contributed by atoms with Gasteiger partial charge < -0.3 is 20.3 Å². The first-order chi connectivity index (χ1) is 23.6. The van der Waals surface area contributed by atoms with Crippen LogP contribution in [0.2, 0.25) is 10.0 Å². The smallest absolute Gasteiger partial charge is 0.254 e. The molecule has 1 aliphatic rings. The molecule has 5 rings (SSSR count). The molecule has 256 valence electrons. The molecule has 1 aliphatic heterocycles. The van der Waals surface area contributed by atoms with E-state index in [1.54, 1.807) is 36.5 Å². The van der Waals surface area contributed by atoms with Crippen molar-refractivity contribution < 1.29 is 18.5 Å². The molecule has 2 amide bonds. The third-order valence-electron chi connectivity index (χ3n) is 9.34. The Kier molecular flexibility index (Phi) is 12.3. The molecule has 0 aromatic heterocycles. The van der Waals surface area contributed by atoms with E-state index in [-0.39, 0.29) is 24.8 Å². The maximum Gasteiger partial charge on any atom is 0.254 e. The molecular formula is C38H40Cl2N4O4S. The summed E-state index contributed by atoms with van der Waals surface area (Å²) >= 11 is 12.8. The van der Waals surface area contributed by atoms with Gasteiger partial charge in [0, 0.05) is 42.1 Å². The lowest BCUT2D eigenvalue weighted by Crippen LogP contribution is -2.39. The molecule has 49 heavy (non-hydrogen) atoms. The van der Waals surface area contributed by atoms with Gasteiger partial charge in [0.05, 0.1) is 39.6 Å². The monoisotopic (exact) mass is 718 g/mol. The lowest BCUT2D eigenvalue weighted by atomic mass is 9.88. The highest BCUT2D eigenvalue weighted by Crippen LogP contribution is 2.35. The van der Waals surface area contributed by atoms with Crippen LogP contribution in [0.25, 0.3) is 10.8 Å². The highest BCUT2D eigenvalue weighted by atomic mass is 35.5. The van der Waals surface area contributed by atoms with Crippen molar-refractivity contribution in [1.29, 1.82) is 5.26 Å². The van der Waals surface area contributed by atoms with Crippen LogP contribution in [0, 0.1) is 11.3 Å². The predicted molar refractivity (Wildman–Crippen MR) is 196 cm³/mol. The van der Waals surface area contributed by atoms with Crippen LogP contribution in [0.5, 0.6) is 5.75 Å². The number of amides is 2. The molecular weight excluding hydrogens is 679 g/mol. The van der Waals surface area contributed by atoms with Crippen molar-refractivity contribution in [3.8, 4) is 11.8 Å². The van der Waals surface area contributed by atoms with Gasteiger partial charge in [-0.25, -0.2) is 0 Å². The topological polar surface area (TPSA) is 117 Å². The van der Waals surface area contributed by atoms with Crippen LogP contribution in [-0.4, -0.2) is 71.9 Å². The Labute approximate surface area is 300 Å². The van der Waals surface area contributed by atoms with E-state index < -0.39 is 16.7 Å². The minimum absolute atomic E-state index is 0.000875. The quantitative estimate of drug-likeness (QED) is 0.157. The van der Waals surface area contributed by atoms with Crippen LogP contribution in [0.1, 0.15) is 64.6 Å². The molecule has 4 aromatic carbocycles. The molecule has 2 N–H and O–H groups in total. The molecule has 1 fully saturated rings. The lowest BCUT2D eigenvalue weighted by Gasteiger charge is -2.34. The molecule has 1 heterocycles. The molecule has 2 unspecified atom stereocenters. The number of rotatable bonds is 13. The number of primary amides is 1. The first-order valence-corrected chi connectivity index (χ1v) is 18.6. The summed E-state index contributed by atoms with van der Waals surface area (Å²) in [5.41, 5.74) is 8.40. The summed E-state index contributed by atoms with van der Waals surface area (Å²) in [6.07, 6.45) is 4.28. The van der Waals surface area contributed by atoms with Crippen molar-refractivity contribution in [3.63, 3.8) is 0 Å². The Morgan fingerprint density at radius 1 is 1.06 bits per heavy atom. The van der Waals surface area contributed by atoms with Crippen LogP contribution < -0.4 is 10.5 Å². The number of methoxy groups -OCH3 is 1. The molecule has 2 atom stereocenters. The van der Waals surface area contributed by atoms with Crippen LogP contribution >= 0.6 is 23.2 Å². The summed E-state index contributed by atoms with van der Waals surface area (Å²) in [4.78, 5) is 31.2. The van der Waals surface area contributed by atoms with E-state index in [1.165, 1.54) is 0 Å². The van der Waals surface area contributed by atoms with E-state index in [1.807, 2.05) is 54.6 Å². The molecule has 11 heteroatoms. The number of carbonyl (C=O) groups is 2. The Balaban J connectivity index is 1.37. The highest BCUT2D eigenvalue weighted by molar-refractivity contribution is 7.84. The zero-order valence-corrected chi connectivity index (χ0v) is 30.0. The zero-order valence-electron chi connectivity index (χ0n) is 27.7. The van der Waals surface area contributed by atoms with E-state index in [2.05, 4.69) is 11.0 Å². The molecule has 0 spiro atoms. The average Bonchev–Trinajstić information content (AvgIpc) is 3.11. The number of nitrogens with zero attached hydrogens (tertiary/aromatic N) is 3. The van der Waals surface area contributed by atoms with Gasteiger partial charge >= 0.3 is 0 Å². The summed E-state index contributed by atoms with van der Waals surface area (Å²) in [6, 6.07) is 24.4. The Morgan fingerprint density at radius 3 is 2.49 bits per heavy atom. The zero-order chi connectivity index (χ0) is 35.1. The van der Waals surface area contributed by atoms with Gasteiger partial charge in [-0.2, -0.15) is 5.26 Å². The van der Waals surface area contributed by atoms with Gasteiger partial charge in [0.25, 0.3) is 5.91 Å². The molecule has 0 saturated carbocycles. The summed E-state index contributed by atoms with van der Waals surface area (Å²) in [7, 11) is 0.486. The molecule has 0 aliphatic carbocycles. The van der Waals surface area contributed by atoms with Crippen molar-refractivity contribution in [2.45, 2.75) is 42.4 Å². The van der Waals surface area contributed by atoms with Crippen molar-refractivity contribution >= 4 is 56.6 Å². The standard InChI is InChI=1S/C38H40Cl2N4O4S/c1-48-30-8-9-32(36(22-30)49(2)47)26-11-15-43(16-12-26)17-13-29(27-7-10-34(39)35(40)21-27)24-44(18-14-37(42)45)38(46)33-20-25(23-41)19-28-5-3-4-6-31(28)33/h3-10,19-22,26,29H,11-18,24H2,1-2H3,(H2,42,45). The second-order valence-electron chi connectivity index (χ2n) is 12.5. The minimum atomic E-state index is -1.13. The second-order valence-corrected chi connectivity index (χ2v) is 14.6. The molecule has 0 bridgehead atoms. The largest absolute Gasteiger partial charge is 0.497 e. The van der Waals surface area contributed by atoms with E-state index >= 15 is 0 Å². The second kappa shape index (κ2) is 16.6. The fraction of sp³-hybridized carbons (Fsp3) is 0.342. The third kappa shape index (κ3) is 9.00. The maximum absolute atomic E-state index is 14.3. The number of ether oxygens (including phenoxy) is 1. The summed E-state index contributed by atoms with van der Waals surface area (Å²) in [5.74, 6) is 0.0886. The van der Waals surface area contributed by atoms with Crippen LogP contribution in [0.3, 0.4) is 0 Å². The fourth-order valence-corrected chi connectivity index (χ4v) is 7.83. The Hall–Kier alpha value is -3.94. The fourth-order valence-electron chi connectivity index (χ4n) is 6.67. The number of benzene rings is 4. The number of fused-ring (bicyclic) bond motifs is 1. The minimum Gasteiger partial charge on any atom is -0.497 e. The number of nitriles is 1. The van der Waals surface area contributed by atoms with E-state index in [4.69, 9.17) is 33.7 Å². The lowest BCUT2D eigenvalue weighted by molar-refractivity contribution is -0.118. The average molecular weight is 720 g/mol. The molecule has 8 nitrogen and oxygen atoms in total. The van der Waals surface area contributed by atoms with Crippen LogP contribution in [0.4, 0.5) is 0 Å². The number of piperidine rings is 1. The number of hydrogen-bond donors (Lipinski definition) is 1. The number of carbonyl (C=O) groups excluding carboxylic acids is 2. The van der Waals surface area contributed by atoms with Crippen LogP contribution in [-0.2, 0) is 15.6 Å². The van der Waals surface area contributed by atoms with Gasteiger partial charge in [0.1, 0.15) is 5.75 Å². The number of likely N-dealkylation sites (tertiary alicyclic amines) is 1.